The number of halogens is 1. The number of carbonyl (C=O) groups is 1. The molecule has 0 saturated heterocycles. The second-order valence-electron chi connectivity index (χ2n) is 4.51. The van der Waals surface area contributed by atoms with Gasteiger partial charge < -0.3 is 5.11 Å². The molecule has 1 fully saturated rings. The van der Waals surface area contributed by atoms with Gasteiger partial charge in [-0.15, -0.1) is 0 Å². The van der Waals surface area contributed by atoms with Gasteiger partial charge in [-0.1, -0.05) is 30.9 Å². The third-order valence-corrected chi connectivity index (χ3v) is 3.84. The van der Waals surface area contributed by atoms with E-state index in [4.69, 9.17) is 11.6 Å². The molecule has 4 nitrogen and oxygen atoms in total. The maximum absolute atomic E-state index is 11.2. The number of carboxylic acid groups (broad SMARTS) is 1. The van der Waals surface area contributed by atoms with E-state index >= 15 is 0 Å². The van der Waals surface area contributed by atoms with E-state index in [2.05, 4.69) is 5.10 Å². The minimum absolute atomic E-state index is 0.142. The zero-order valence-corrected chi connectivity index (χ0v) is 10.7. The van der Waals surface area contributed by atoms with Crippen molar-refractivity contribution in [3.63, 3.8) is 0 Å². The van der Waals surface area contributed by atoms with Crippen molar-refractivity contribution in [2.24, 2.45) is 0 Å². The highest BCUT2D eigenvalue weighted by molar-refractivity contribution is 6.30. The van der Waals surface area contributed by atoms with E-state index < -0.39 is 5.97 Å². The number of hydrogen-bond acceptors (Lipinski definition) is 2. The lowest BCUT2D eigenvalue weighted by atomic mass is 9.84. The van der Waals surface area contributed by atoms with Crippen molar-refractivity contribution < 1.29 is 9.90 Å². The summed E-state index contributed by atoms with van der Waals surface area (Å²) in [5.74, 6) is -0.706. The average Bonchev–Trinajstić information content (AvgIpc) is 2.67. The van der Waals surface area contributed by atoms with E-state index in [1.165, 1.54) is 6.42 Å². The molecule has 1 heterocycles. The second-order valence-corrected chi connectivity index (χ2v) is 4.87. The Kier molecular flexibility index (Phi) is 3.72. The lowest BCUT2D eigenvalue weighted by Crippen LogP contribution is -2.09. The van der Waals surface area contributed by atoms with Crippen molar-refractivity contribution in [1.82, 2.24) is 9.78 Å². The van der Waals surface area contributed by atoms with E-state index in [0.29, 0.717) is 11.7 Å². The molecule has 94 valence electrons. The molecular formula is C12H17ClN2O2. The maximum Gasteiger partial charge on any atom is 0.356 e. The van der Waals surface area contributed by atoms with Crippen LogP contribution in [0.3, 0.4) is 0 Å². The highest BCUT2D eigenvalue weighted by Crippen LogP contribution is 2.38. The molecule has 0 radical (unpaired) electrons. The molecule has 1 aromatic heterocycles. The molecule has 0 atom stereocenters. The van der Waals surface area contributed by atoms with Crippen LogP contribution in [0.2, 0.25) is 5.15 Å². The number of rotatable bonds is 3. The van der Waals surface area contributed by atoms with Crippen LogP contribution in [-0.2, 0) is 6.54 Å². The molecule has 1 N–H and O–H groups in total. The Bertz CT molecular complexity index is 422. The molecule has 0 amide bonds. The summed E-state index contributed by atoms with van der Waals surface area (Å²) >= 11 is 6.24. The standard InChI is InChI=1S/C12H17ClN2O2/c1-2-15-11(13)9(10(14-15)12(16)17)8-6-4-3-5-7-8/h8H,2-7H2,1H3,(H,16,17). The Hall–Kier alpha value is -1.03. The van der Waals surface area contributed by atoms with Crippen molar-refractivity contribution in [1.29, 1.82) is 0 Å². The van der Waals surface area contributed by atoms with Crippen LogP contribution in [0.1, 0.15) is 61.0 Å². The van der Waals surface area contributed by atoms with Gasteiger partial charge in [0.05, 0.1) is 0 Å². The van der Waals surface area contributed by atoms with Crippen molar-refractivity contribution in [3.8, 4) is 0 Å². The van der Waals surface area contributed by atoms with Gasteiger partial charge in [0.2, 0.25) is 0 Å². The fourth-order valence-corrected chi connectivity index (χ4v) is 2.98. The summed E-state index contributed by atoms with van der Waals surface area (Å²) in [6.07, 6.45) is 5.58. The van der Waals surface area contributed by atoms with Gasteiger partial charge in [-0.2, -0.15) is 5.10 Å². The van der Waals surface area contributed by atoms with E-state index in [0.717, 1.165) is 31.2 Å². The number of hydrogen-bond donors (Lipinski definition) is 1. The summed E-state index contributed by atoms with van der Waals surface area (Å²) in [6.45, 7) is 2.51. The van der Waals surface area contributed by atoms with Crippen LogP contribution < -0.4 is 0 Å². The van der Waals surface area contributed by atoms with E-state index in [1.54, 1.807) is 4.68 Å². The molecular weight excluding hydrogens is 240 g/mol. The molecule has 0 spiro atoms. The molecule has 1 aliphatic carbocycles. The minimum Gasteiger partial charge on any atom is -0.476 e. The molecule has 17 heavy (non-hydrogen) atoms. The first-order valence-electron chi connectivity index (χ1n) is 6.14. The minimum atomic E-state index is -0.973. The van der Waals surface area contributed by atoms with Gasteiger partial charge in [-0.05, 0) is 25.7 Å². The molecule has 0 unspecified atom stereocenters. The van der Waals surface area contributed by atoms with Crippen molar-refractivity contribution in [2.45, 2.75) is 51.5 Å². The normalized spacial score (nSPS) is 17.3. The predicted octanol–water partition coefficient (Wildman–Crippen LogP) is 3.30. The lowest BCUT2D eigenvalue weighted by molar-refractivity contribution is 0.0687. The van der Waals surface area contributed by atoms with Crippen LogP contribution in [0, 0.1) is 0 Å². The monoisotopic (exact) mass is 256 g/mol. The topological polar surface area (TPSA) is 55.1 Å². The Morgan fingerprint density at radius 1 is 1.47 bits per heavy atom. The zero-order chi connectivity index (χ0) is 12.4. The Morgan fingerprint density at radius 2 is 2.12 bits per heavy atom. The van der Waals surface area contributed by atoms with Gasteiger partial charge in [0.25, 0.3) is 0 Å². The highest BCUT2D eigenvalue weighted by atomic mass is 35.5. The summed E-state index contributed by atoms with van der Waals surface area (Å²) in [6, 6.07) is 0. The molecule has 2 rings (SSSR count). The second kappa shape index (κ2) is 5.08. The quantitative estimate of drug-likeness (QED) is 0.903. The summed E-state index contributed by atoms with van der Waals surface area (Å²) in [5.41, 5.74) is 0.893. The van der Waals surface area contributed by atoms with Crippen LogP contribution in [-0.4, -0.2) is 20.9 Å². The van der Waals surface area contributed by atoms with Crippen molar-refractivity contribution in [2.75, 3.05) is 0 Å². The fourth-order valence-electron chi connectivity index (χ4n) is 2.58. The van der Waals surface area contributed by atoms with Gasteiger partial charge in [0.1, 0.15) is 5.15 Å². The summed E-state index contributed by atoms with van der Waals surface area (Å²) in [7, 11) is 0. The van der Waals surface area contributed by atoms with Crippen molar-refractivity contribution >= 4 is 17.6 Å². The molecule has 1 aromatic rings. The van der Waals surface area contributed by atoms with Gasteiger partial charge in [-0.25, -0.2) is 4.79 Å². The van der Waals surface area contributed by atoms with Gasteiger partial charge in [-0.3, -0.25) is 4.68 Å². The van der Waals surface area contributed by atoms with Crippen LogP contribution in [0.5, 0.6) is 0 Å². The summed E-state index contributed by atoms with van der Waals surface area (Å²) in [4.78, 5) is 11.2. The molecule has 1 aliphatic rings. The highest BCUT2D eigenvalue weighted by Gasteiger charge is 2.28. The number of aromatic nitrogens is 2. The van der Waals surface area contributed by atoms with E-state index in [1.807, 2.05) is 6.92 Å². The number of aromatic carboxylic acids is 1. The number of nitrogens with zero attached hydrogens (tertiary/aromatic N) is 2. The molecule has 0 aliphatic heterocycles. The maximum atomic E-state index is 11.2. The van der Waals surface area contributed by atoms with Gasteiger partial charge in [0, 0.05) is 12.1 Å². The molecule has 1 saturated carbocycles. The van der Waals surface area contributed by atoms with Gasteiger partial charge >= 0.3 is 5.97 Å². The van der Waals surface area contributed by atoms with Crippen LogP contribution in [0.4, 0.5) is 0 Å². The van der Waals surface area contributed by atoms with E-state index in [9.17, 15) is 9.90 Å². The Labute approximate surface area is 106 Å². The zero-order valence-electron chi connectivity index (χ0n) is 9.95. The van der Waals surface area contributed by atoms with Crippen LogP contribution >= 0.6 is 11.6 Å². The number of aryl methyl sites for hydroxylation is 1. The first kappa shape index (κ1) is 12.4. The Morgan fingerprint density at radius 3 is 2.65 bits per heavy atom. The predicted molar refractivity (Wildman–Crippen MR) is 65.7 cm³/mol. The van der Waals surface area contributed by atoms with Crippen LogP contribution in [0.25, 0.3) is 0 Å². The lowest BCUT2D eigenvalue weighted by Gasteiger charge is -2.21. The summed E-state index contributed by atoms with van der Waals surface area (Å²) in [5, 5.41) is 13.8. The third kappa shape index (κ3) is 2.32. The molecule has 5 heteroatoms. The largest absolute Gasteiger partial charge is 0.476 e. The average molecular weight is 257 g/mol. The first-order valence-corrected chi connectivity index (χ1v) is 6.52. The smallest absolute Gasteiger partial charge is 0.356 e. The molecule has 0 bridgehead atoms. The third-order valence-electron chi connectivity index (χ3n) is 3.44. The fraction of sp³-hybridized carbons (Fsp3) is 0.667. The number of carboxylic acids is 1. The van der Waals surface area contributed by atoms with Crippen LogP contribution in [0.15, 0.2) is 0 Å². The summed E-state index contributed by atoms with van der Waals surface area (Å²) < 4.78 is 1.58. The van der Waals surface area contributed by atoms with Crippen molar-refractivity contribution in [3.05, 3.63) is 16.4 Å². The SMILES string of the molecule is CCn1nc(C(=O)O)c(C2CCCCC2)c1Cl. The first-order chi connectivity index (χ1) is 8.15. The Balaban J connectivity index is 2.41. The molecule has 0 aromatic carbocycles. The van der Waals surface area contributed by atoms with Gasteiger partial charge in [0.15, 0.2) is 5.69 Å². The van der Waals surface area contributed by atoms with E-state index in [-0.39, 0.29) is 11.6 Å².